The van der Waals surface area contributed by atoms with E-state index in [1.807, 2.05) is 19.2 Å². The molecule has 1 aliphatic heterocycles. The van der Waals surface area contributed by atoms with Crippen LogP contribution in [0.2, 0.25) is 0 Å². The summed E-state index contributed by atoms with van der Waals surface area (Å²) in [6, 6.07) is 6.16. The summed E-state index contributed by atoms with van der Waals surface area (Å²) < 4.78 is 23.6. The molecule has 1 aromatic carbocycles. The number of amidine groups is 1. The van der Waals surface area contributed by atoms with Crippen LogP contribution in [0.3, 0.4) is 0 Å². The average molecular weight is 518 g/mol. The van der Waals surface area contributed by atoms with Crippen LogP contribution in [-0.2, 0) is 15.9 Å². The fourth-order valence-electron chi connectivity index (χ4n) is 3.43. The van der Waals surface area contributed by atoms with Gasteiger partial charge in [-0.05, 0) is 42.0 Å². The van der Waals surface area contributed by atoms with Crippen LogP contribution in [0.5, 0.6) is 11.5 Å². The summed E-state index contributed by atoms with van der Waals surface area (Å²) in [6.07, 6.45) is 2.93. The molecule has 0 radical (unpaired) electrons. The molecule has 0 saturated heterocycles. The van der Waals surface area contributed by atoms with Gasteiger partial charge in [-0.2, -0.15) is 27.1 Å². The number of ether oxygens (including phenoxy) is 1. The van der Waals surface area contributed by atoms with Crippen molar-refractivity contribution in [1.29, 1.82) is 0 Å². The van der Waals surface area contributed by atoms with E-state index in [0.717, 1.165) is 12.5 Å². The lowest BCUT2D eigenvalue weighted by atomic mass is 10.1. The molecule has 184 valence electrons. The van der Waals surface area contributed by atoms with Gasteiger partial charge in [0.05, 0.1) is 11.0 Å². The van der Waals surface area contributed by atoms with Gasteiger partial charge in [-0.25, -0.2) is 4.68 Å². The number of nitrogens with one attached hydrogen (secondary N) is 1. The predicted octanol–water partition coefficient (Wildman–Crippen LogP) is 3.15. The van der Waals surface area contributed by atoms with Crippen molar-refractivity contribution in [2.75, 3.05) is 5.32 Å². The molecule has 0 spiro atoms. The van der Waals surface area contributed by atoms with E-state index in [9.17, 15) is 19.4 Å². The van der Waals surface area contributed by atoms with Crippen molar-refractivity contribution in [3.63, 3.8) is 0 Å². The smallest absolute Gasteiger partial charge is 0.346 e. The van der Waals surface area contributed by atoms with Gasteiger partial charge in [0.25, 0.3) is 5.56 Å². The second-order valence-corrected chi connectivity index (χ2v) is 10.7. The first-order chi connectivity index (χ1) is 16.7. The van der Waals surface area contributed by atoms with Crippen molar-refractivity contribution in [2.45, 2.75) is 26.8 Å². The van der Waals surface area contributed by atoms with Crippen LogP contribution in [0.25, 0.3) is 11.3 Å². The fraction of sp³-hybridized carbons (Fsp3) is 0.227. The SMILES string of the molecule is CC(C)CCn1nc(-c2ccsc2)c(O)c(C2=NP(=O)(O)c3cc(O/C=C/ON)ccc3N2)c1=O. The quantitative estimate of drug-likeness (QED) is 0.200. The van der Waals surface area contributed by atoms with Crippen LogP contribution in [-0.4, -0.2) is 25.6 Å². The number of aromatic hydroxyl groups is 1. The van der Waals surface area contributed by atoms with Gasteiger partial charge in [0.15, 0.2) is 11.6 Å². The zero-order chi connectivity index (χ0) is 25.2. The van der Waals surface area contributed by atoms with Gasteiger partial charge in [-0.15, -0.1) is 0 Å². The minimum absolute atomic E-state index is 0.0208. The zero-order valence-electron chi connectivity index (χ0n) is 18.9. The summed E-state index contributed by atoms with van der Waals surface area (Å²) in [5.41, 5.74) is 0.197. The predicted molar refractivity (Wildman–Crippen MR) is 134 cm³/mol. The minimum atomic E-state index is -4.34. The van der Waals surface area contributed by atoms with E-state index in [2.05, 4.69) is 20.0 Å². The second-order valence-electron chi connectivity index (χ2n) is 8.12. The molecule has 0 fully saturated rings. The summed E-state index contributed by atoms with van der Waals surface area (Å²) >= 11 is 1.41. The van der Waals surface area contributed by atoms with Gasteiger partial charge < -0.3 is 24.9 Å². The van der Waals surface area contributed by atoms with Gasteiger partial charge in [0.1, 0.15) is 29.5 Å². The maximum atomic E-state index is 13.3. The van der Waals surface area contributed by atoms with Gasteiger partial charge in [-0.3, -0.25) is 9.36 Å². The third-order valence-corrected chi connectivity index (χ3v) is 7.34. The summed E-state index contributed by atoms with van der Waals surface area (Å²) in [6.45, 7) is 4.35. The van der Waals surface area contributed by atoms with Crippen molar-refractivity contribution in [3.05, 3.63) is 63.5 Å². The van der Waals surface area contributed by atoms with Crippen LogP contribution in [0.1, 0.15) is 25.8 Å². The number of nitrogens with zero attached hydrogens (tertiary/aromatic N) is 3. The van der Waals surface area contributed by atoms with E-state index in [1.165, 1.54) is 28.2 Å². The molecular formula is C22H24N5O6PS. The number of benzene rings is 1. The van der Waals surface area contributed by atoms with E-state index in [0.29, 0.717) is 24.4 Å². The Kier molecular flexibility index (Phi) is 7.08. The van der Waals surface area contributed by atoms with E-state index in [-0.39, 0.29) is 33.8 Å². The molecule has 1 aliphatic rings. The van der Waals surface area contributed by atoms with Crippen LogP contribution in [0.15, 0.2) is 57.1 Å². The maximum Gasteiger partial charge on any atom is 0.346 e. The number of thiophene rings is 1. The molecule has 3 aromatic rings. The normalized spacial score (nSPS) is 17.2. The lowest BCUT2D eigenvalue weighted by Crippen LogP contribution is -2.34. The van der Waals surface area contributed by atoms with E-state index in [1.54, 1.807) is 17.5 Å². The summed E-state index contributed by atoms with van der Waals surface area (Å²) in [4.78, 5) is 28.4. The molecule has 3 heterocycles. The number of nitrogens with two attached hydrogens (primary N) is 1. The highest BCUT2D eigenvalue weighted by molar-refractivity contribution is 7.65. The highest BCUT2D eigenvalue weighted by atomic mass is 32.1. The lowest BCUT2D eigenvalue weighted by molar-refractivity contribution is 0.250. The number of hydrogen-bond donors (Lipinski definition) is 4. The topological polar surface area (TPSA) is 161 Å². The maximum absolute atomic E-state index is 13.3. The van der Waals surface area contributed by atoms with E-state index < -0.39 is 18.8 Å². The van der Waals surface area contributed by atoms with Crippen molar-refractivity contribution in [1.82, 2.24) is 9.78 Å². The minimum Gasteiger partial charge on any atom is -0.505 e. The second kappa shape index (κ2) is 10.0. The molecule has 5 N–H and O–H groups in total. The molecule has 0 aliphatic carbocycles. The van der Waals surface area contributed by atoms with Crippen molar-refractivity contribution in [3.8, 4) is 22.8 Å². The number of aromatic nitrogens is 2. The summed E-state index contributed by atoms with van der Waals surface area (Å²) in [7, 11) is -4.34. The van der Waals surface area contributed by atoms with Gasteiger partial charge >= 0.3 is 7.52 Å². The molecule has 11 nitrogen and oxygen atoms in total. The molecule has 1 unspecified atom stereocenters. The number of aryl methyl sites for hydroxylation is 1. The van der Waals surface area contributed by atoms with E-state index in [4.69, 9.17) is 10.6 Å². The third kappa shape index (κ3) is 5.15. The molecule has 2 aromatic heterocycles. The van der Waals surface area contributed by atoms with Crippen LogP contribution >= 0.6 is 18.9 Å². The Bertz CT molecular complexity index is 1400. The van der Waals surface area contributed by atoms with Gasteiger partial charge in [0, 0.05) is 17.5 Å². The van der Waals surface area contributed by atoms with Crippen LogP contribution < -0.4 is 26.8 Å². The fourth-order valence-corrected chi connectivity index (χ4v) is 5.33. The highest BCUT2D eigenvalue weighted by Crippen LogP contribution is 2.48. The van der Waals surface area contributed by atoms with Crippen molar-refractivity contribution >= 4 is 35.7 Å². The number of hydrogen-bond acceptors (Lipinski definition) is 9. The standard InChI is InChI=1S/C22H24N5O6PS/c1-13(2)5-7-27-22(29)18(20(28)19(25-27)14-6-10-35-12-14)21-24-16-4-3-15(32-8-9-33-23)11-17(16)34(30,31)26-21/h3-4,6,8-13,28H,5,7,23H2,1-2H3,(H2,24,26,30,31)/b9-8+. The van der Waals surface area contributed by atoms with Crippen LogP contribution in [0.4, 0.5) is 5.69 Å². The molecule has 0 bridgehead atoms. The molecule has 35 heavy (non-hydrogen) atoms. The Balaban J connectivity index is 1.82. The molecule has 13 heteroatoms. The lowest BCUT2D eigenvalue weighted by Gasteiger charge is -2.23. The highest BCUT2D eigenvalue weighted by Gasteiger charge is 2.34. The van der Waals surface area contributed by atoms with Gasteiger partial charge in [-0.1, -0.05) is 13.8 Å². The third-order valence-electron chi connectivity index (χ3n) is 5.19. The summed E-state index contributed by atoms with van der Waals surface area (Å²) in [5.74, 6) is 4.81. The first-order valence-electron chi connectivity index (χ1n) is 10.6. The Morgan fingerprint density at radius 3 is 2.80 bits per heavy atom. The Hall–Kier alpha value is -3.44. The molecule has 0 saturated carbocycles. The molecular weight excluding hydrogens is 493 g/mol. The molecule has 4 rings (SSSR count). The Labute approximate surface area is 204 Å². The van der Waals surface area contributed by atoms with Crippen molar-refractivity contribution in [2.24, 2.45) is 16.6 Å². The Morgan fingerprint density at radius 2 is 2.11 bits per heavy atom. The molecule has 1 atom stereocenters. The first-order valence-corrected chi connectivity index (χ1v) is 13.2. The number of rotatable bonds is 8. The summed E-state index contributed by atoms with van der Waals surface area (Å²) in [5, 5.41) is 21.9. The number of anilines is 1. The van der Waals surface area contributed by atoms with Crippen LogP contribution in [0, 0.1) is 5.92 Å². The van der Waals surface area contributed by atoms with Gasteiger partial charge in [0.2, 0.25) is 0 Å². The Morgan fingerprint density at radius 1 is 1.31 bits per heavy atom. The largest absolute Gasteiger partial charge is 0.505 e. The first kappa shape index (κ1) is 24.7. The zero-order valence-corrected chi connectivity index (χ0v) is 20.6. The van der Waals surface area contributed by atoms with E-state index >= 15 is 0 Å². The average Bonchev–Trinajstić information content (AvgIpc) is 3.33. The number of fused-ring (bicyclic) bond motifs is 1. The van der Waals surface area contributed by atoms with Crippen molar-refractivity contribution < 1.29 is 24.1 Å². The molecule has 0 amide bonds. The monoisotopic (exact) mass is 517 g/mol.